The van der Waals surface area contributed by atoms with Crippen LogP contribution >= 0.6 is 11.6 Å². The molecule has 0 unspecified atom stereocenters. The summed E-state index contributed by atoms with van der Waals surface area (Å²) in [6.45, 7) is 4.71. The van der Waals surface area contributed by atoms with Crippen molar-refractivity contribution in [1.29, 1.82) is 0 Å². The number of carbonyl (C=O) groups excluding carboxylic acids is 1. The maximum Gasteiger partial charge on any atom is 0.306 e. The van der Waals surface area contributed by atoms with Gasteiger partial charge in [0, 0.05) is 22.9 Å². The molecule has 0 spiro atoms. The van der Waals surface area contributed by atoms with E-state index in [9.17, 15) is 9.59 Å². The van der Waals surface area contributed by atoms with Gasteiger partial charge in [0.1, 0.15) is 0 Å². The Hall–Kier alpha value is -1.55. The Kier molecular flexibility index (Phi) is 5.69. The maximum absolute atomic E-state index is 12.3. The van der Waals surface area contributed by atoms with Gasteiger partial charge in [0.25, 0.3) is 0 Å². The molecule has 5 heteroatoms. The van der Waals surface area contributed by atoms with Crippen LogP contribution in [0.4, 0.5) is 0 Å². The molecule has 2 rings (SSSR count). The van der Waals surface area contributed by atoms with Crippen molar-refractivity contribution >= 4 is 23.5 Å². The van der Waals surface area contributed by atoms with Gasteiger partial charge in [-0.1, -0.05) is 37.6 Å². The van der Waals surface area contributed by atoms with Crippen molar-refractivity contribution in [1.82, 2.24) is 5.32 Å². The van der Waals surface area contributed by atoms with Crippen molar-refractivity contribution in [2.45, 2.75) is 44.9 Å². The molecule has 126 valence electrons. The molecule has 0 bridgehead atoms. The van der Waals surface area contributed by atoms with Gasteiger partial charge in [0.05, 0.1) is 5.92 Å². The highest BCUT2D eigenvalue weighted by Crippen LogP contribution is 2.29. The SMILES string of the molecule is CC(C)(CNC(=O)C1CCC(C(=O)O)CC1)c1ccc(Cl)cc1. The van der Waals surface area contributed by atoms with E-state index in [2.05, 4.69) is 19.2 Å². The monoisotopic (exact) mass is 337 g/mol. The van der Waals surface area contributed by atoms with E-state index in [1.165, 1.54) is 0 Å². The largest absolute Gasteiger partial charge is 0.481 e. The molecule has 0 aromatic heterocycles. The van der Waals surface area contributed by atoms with Gasteiger partial charge >= 0.3 is 5.97 Å². The molecule has 1 aromatic rings. The van der Waals surface area contributed by atoms with E-state index in [1.54, 1.807) is 0 Å². The van der Waals surface area contributed by atoms with Crippen LogP contribution in [0, 0.1) is 11.8 Å². The van der Waals surface area contributed by atoms with Crippen molar-refractivity contribution in [3.05, 3.63) is 34.9 Å². The number of halogens is 1. The summed E-state index contributed by atoms with van der Waals surface area (Å²) < 4.78 is 0. The smallest absolute Gasteiger partial charge is 0.306 e. The molecule has 2 N–H and O–H groups in total. The second-order valence-electron chi connectivity index (χ2n) is 7.00. The lowest BCUT2D eigenvalue weighted by Crippen LogP contribution is -2.41. The third kappa shape index (κ3) is 4.71. The molecule has 1 aliphatic rings. The molecule has 1 saturated carbocycles. The fraction of sp³-hybridized carbons (Fsp3) is 0.556. The quantitative estimate of drug-likeness (QED) is 0.862. The van der Waals surface area contributed by atoms with E-state index in [4.69, 9.17) is 16.7 Å². The van der Waals surface area contributed by atoms with Crippen molar-refractivity contribution in [2.75, 3.05) is 6.54 Å². The number of carboxylic acids is 1. The first-order valence-electron chi connectivity index (χ1n) is 8.06. The second kappa shape index (κ2) is 7.35. The van der Waals surface area contributed by atoms with Gasteiger partial charge in [-0.3, -0.25) is 9.59 Å². The minimum Gasteiger partial charge on any atom is -0.481 e. The molecule has 4 nitrogen and oxygen atoms in total. The molecule has 0 saturated heterocycles. The lowest BCUT2D eigenvalue weighted by molar-refractivity contribution is -0.144. The lowest BCUT2D eigenvalue weighted by atomic mass is 9.81. The van der Waals surface area contributed by atoms with E-state index < -0.39 is 5.97 Å². The van der Waals surface area contributed by atoms with Crippen LogP contribution in [0.5, 0.6) is 0 Å². The van der Waals surface area contributed by atoms with E-state index in [1.807, 2.05) is 24.3 Å². The third-order valence-electron chi connectivity index (χ3n) is 4.78. The number of benzene rings is 1. The number of hydrogen-bond acceptors (Lipinski definition) is 2. The first-order valence-corrected chi connectivity index (χ1v) is 8.44. The van der Waals surface area contributed by atoms with Crippen molar-refractivity contribution in [3.8, 4) is 0 Å². The summed E-state index contributed by atoms with van der Waals surface area (Å²) in [4.78, 5) is 23.3. The van der Waals surface area contributed by atoms with Crippen LogP contribution in [0.2, 0.25) is 5.02 Å². The summed E-state index contributed by atoms with van der Waals surface area (Å²) in [6, 6.07) is 7.67. The summed E-state index contributed by atoms with van der Waals surface area (Å²) in [5, 5.41) is 12.7. The predicted octanol–water partition coefficient (Wildman–Crippen LogP) is 3.62. The standard InChI is InChI=1S/C18H24ClNO3/c1-18(2,14-7-9-15(19)10-8-14)11-20-16(21)12-3-5-13(6-4-12)17(22)23/h7-10,12-13H,3-6,11H2,1-2H3,(H,20,21)(H,22,23). The number of aliphatic carboxylic acids is 1. The van der Waals surface area contributed by atoms with Gasteiger partial charge in [-0.25, -0.2) is 0 Å². The Morgan fingerprint density at radius 1 is 1.13 bits per heavy atom. The Morgan fingerprint density at radius 3 is 2.17 bits per heavy atom. The zero-order chi connectivity index (χ0) is 17.0. The zero-order valence-corrected chi connectivity index (χ0v) is 14.4. The summed E-state index contributed by atoms with van der Waals surface area (Å²) in [5.41, 5.74) is 0.940. The van der Waals surface area contributed by atoms with Gasteiger partial charge in [-0.15, -0.1) is 0 Å². The van der Waals surface area contributed by atoms with E-state index in [0.29, 0.717) is 37.3 Å². The minimum absolute atomic E-state index is 0.0378. The van der Waals surface area contributed by atoms with Gasteiger partial charge in [-0.2, -0.15) is 0 Å². The number of rotatable bonds is 5. The van der Waals surface area contributed by atoms with Crippen LogP contribution < -0.4 is 5.32 Å². The molecule has 0 atom stereocenters. The fourth-order valence-electron chi connectivity index (χ4n) is 3.06. The van der Waals surface area contributed by atoms with Gasteiger partial charge in [0.2, 0.25) is 5.91 Å². The number of carboxylic acid groups (broad SMARTS) is 1. The number of amides is 1. The fourth-order valence-corrected chi connectivity index (χ4v) is 3.18. The number of carbonyl (C=O) groups is 2. The molecule has 1 amide bonds. The Balaban J connectivity index is 1.86. The van der Waals surface area contributed by atoms with Crippen LogP contribution in [-0.4, -0.2) is 23.5 Å². The van der Waals surface area contributed by atoms with Gasteiger partial charge in [-0.05, 0) is 43.4 Å². The third-order valence-corrected chi connectivity index (χ3v) is 5.03. The Labute approximate surface area is 142 Å². The highest BCUT2D eigenvalue weighted by atomic mass is 35.5. The molecular formula is C18H24ClNO3. The van der Waals surface area contributed by atoms with Crippen molar-refractivity contribution in [3.63, 3.8) is 0 Å². The molecule has 1 fully saturated rings. The van der Waals surface area contributed by atoms with Crippen LogP contribution in [0.3, 0.4) is 0 Å². The first-order chi connectivity index (χ1) is 10.8. The van der Waals surface area contributed by atoms with Gasteiger partial charge in [0.15, 0.2) is 0 Å². The molecule has 0 radical (unpaired) electrons. The van der Waals surface area contributed by atoms with Crippen molar-refractivity contribution < 1.29 is 14.7 Å². The lowest BCUT2D eigenvalue weighted by Gasteiger charge is -2.29. The van der Waals surface area contributed by atoms with Crippen LogP contribution in [0.1, 0.15) is 45.1 Å². The molecule has 23 heavy (non-hydrogen) atoms. The average molecular weight is 338 g/mol. The van der Waals surface area contributed by atoms with Crippen LogP contribution in [0.15, 0.2) is 24.3 Å². The van der Waals surface area contributed by atoms with Crippen LogP contribution in [-0.2, 0) is 15.0 Å². The average Bonchev–Trinajstić information content (AvgIpc) is 2.53. The highest BCUT2D eigenvalue weighted by Gasteiger charge is 2.30. The van der Waals surface area contributed by atoms with E-state index in [0.717, 1.165) is 5.56 Å². The van der Waals surface area contributed by atoms with Gasteiger partial charge < -0.3 is 10.4 Å². The second-order valence-corrected chi connectivity index (χ2v) is 7.43. The molecule has 0 aliphatic heterocycles. The number of nitrogens with one attached hydrogen (secondary N) is 1. The highest BCUT2D eigenvalue weighted by molar-refractivity contribution is 6.30. The summed E-state index contributed by atoms with van der Waals surface area (Å²) in [6.07, 6.45) is 2.50. The molecule has 1 aromatic carbocycles. The summed E-state index contributed by atoms with van der Waals surface area (Å²) >= 11 is 5.91. The summed E-state index contributed by atoms with van der Waals surface area (Å²) in [7, 11) is 0. The van der Waals surface area contributed by atoms with E-state index in [-0.39, 0.29) is 23.2 Å². The molecular weight excluding hydrogens is 314 g/mol. The van der Waals surface area contributed by atoms with E-state index >= 15 is 0 Å². The Bertz CT molecular complexity index is 560. The summed E-state index contributed by atoms with van der Waals surface area (Å²) in [5.74, 6) is -1.06. The maximum atomic E-state index is 12.3. The zero-order valence-electron chi connectivity index (χ0n) is 13.6. The minimum atomic E-state index is -0.743. The predicted molar refractivity (Wildman–Crippen MR) is 90.6 cm³/mol. The topological polar surface area (TPSA) is 66.4 Å². The molecule has 1 aliphatic carbocycles. The number of hydrogen-bond donors (Lipinski definition) is 2. The first kappa shape index (κ1) is 17.8. The van der Waals surface area contributed by atoms with Crippen molar-refractivity contribution in [2.24, 2.45) is 11.8 Å². The normalized spacial score (nSPS) is 21.7. The molecule has 0 heterocycles. The Morgan fingerprint density at radius 2 is 1.65 bits per heavy atom. The van der Waals surface area contributed by atoms with Crippen LogP contribution in [0.25, 0.3) is 0 Å².